The van der Waals surface area contributed by atoms with Crippen LogP contribution in [0.3, 0.4) is 0 Å². The Bertz CT molecular complexity index is 1090. The first kappa shape index (κ1) is 21.4. The Labute approximate surface area is 176 Å². The summed E-state index contributed by atoms with van der Waals surface area (Å²) < 4.78 is 11.4. The van der Waals surface area contributed by atoms with Gasteiger partial charge in [0, 0.05) is 28.6 Å². The predicted octanol–water partition coefficient (Wildman–Crippen LogP) is 6.46. The molecule has 2 aromatic carbocycles. The van der Waals surface area contributed by atoms with Crippen molar-refractivity contribution in [3.05, 3.63) is 59.2 Å². The van der Waals surface area contributed by atoms with Crippen molar-refractivity contribution in [1.82, 2.24) is 0 Å². The normalized spacial score (nSPS) is 11.7. The van der Waals surface area contributed by atoms with Gasteiger partial charge in [-0.3, -0.25) is 0 Å². The molecule has 0 aliphatic carbocycles. The highest BCUT2D eigenvalue weighted by Crippen LogP contribution is 2.41. The molecule has 5 nitrogen and oxygen atoms in total. The minimum absolute atomic E-state index is 0.00949. The van der Waals surface area contributed by atoms with Gasteiger partial charge >= 0.3 is 0 Å². The molecular formula is C25H28O5. The number of hydrogen-bond acceptors (Lipinski definition) is 5. The first-order chi connectivity index (χ1) is 14.3. The van der Waals surface area contributed by atoms with Gasteiger partial charge in [0.2, 0.25) is 0 Å². The van der Waals surface area contributed by atoms with Crippen molar-refractivity contribution < 1.29 is 24.5 Å². The first-order valence-electron chi connectivity index (χ1n) is 9.93. The summed E-state index contributed by atoms with van der Waals surface area (Å²) >= 11 is 0. The minimum atomic E-state index is -0.0546. The van der Waals surface area contributed by atoms with E-state index in [1.807, 2.05) is 6.07 Å². The lowest BCUT2D eigenvalue weighted by Crippen LogP contribution is -1.93. The van der Waals surface area contributed by atoms with Gasteiger partial charge in [-0.25, -0.2) is 0 Å². The van der Waals surface area contributed by atoms with Crippen LogP contribution in [0, 0.1) is 0 Å². The van der Waals surface area contributed by atoms with Gasteiger partial charge in [0.1, 0.15) is 22.8 Å². The number of phenols is 3. The van der Waals surface area contributed by atoms with Gasteiger partial charge in [0.25, 0.3) is 0 Å². The van der Waals surface area contributed by atoms with Gasteiger partial charge < -0.3 is 24.5 Å². The number of ether oxygens (including phenoxy) is 1. The molecule has 0 spiro atoms. The molecule has 0 saturated heterocycles. The lowest BCUT2D eigenvalue weighted by Gasteiger charge is -2.10. The molecule has 0 aliphatic rings. The van der Waals surface area contributed by atoms with Crippen LogP contribution in [-0.4, -0.2) is 22.4 Å². The van der Waals surface area contributed by atoms with Crippen molar-refractivity contribution in [2.24, 2.45) is 0 Å². The zero-order valence-corrected chi connectivity index (χ0v) is 17.8. The Morgan fingerprint density at radius 3 is 2.30 bits per heavy atom. The van der Waals surface area contributed by atoms with E-state index in [0.717, 1.165) is 23.8 Å². The quantitative estimate of drug-likeness (QED) is 0.391. The highest BCUT2D eigenvalue weighted by Gasteiger charge is 2.18. The van der Waals surface area contributed by atoms with Crippen LogP contribution in [0.1, 0.15) is 39.2 Å². The minimum Gasteiger partial charge on any atom is -0.508 e. The van der Waals surface area contributed by atoms with Crippen LogP contribution in [0.15, 0.2) is 58.0 Å². The van der Waals surface area contributed by atoms with Crippen LogP contribution in [0.4, 0.5) is 0 Å². The standard InChI is InChI=1S/C25H28O5/c1-15(2)6-5-7-16(3)8-9-20-21-13-23(17-10-18(26)12-19(27)11-17)30-24(21)14-22(28)25(20)29-4/h6,8,10-14,26-28H,5,7,9H2,1-4H3. The summed E-state index contributed by atoms with van der Waals surface area (Å²) in [6.45, 7) is 6.29. The topological polar surface area (TPSA) is 83.1 Å². The Balaban J connectivity index is 2.01. The molecule has 0 aliphatic heterocycles. The Morgan fingerprint density at radius 1 is 0.967 bits per heavy atom. The molecule has 1 aromatic heterocycles. The Hall–Kier alpha value is -3.34. The smallest absolute Gasteiger partial charge is 0.164 e. The second kappa shape index (κ2) is 8.99. The lowest BCUT2D eigenvalue weighted by atomic mass is 10.0. The van der Waals surface area contributed by atoms with E-state index in [9.17, 15) is 15.3 Å². The molecule has 3 rings (SSSR count). The summed E-state index contributed by atoms with van der Waals surface area (Å²) in [5, 5.41) is 30.8. The van der Waals surface area contributed by atoms with E-state index < -0.39 is 0 Å². The average molecular weight is 408 g/mol. The summed E-state index contributed by atoms with van der Waals surface area (Å²) in [5.41, 5.74) is 4.45. The molecule has 3 aromatic rings. The zero-order valence-electron chi connectivity index (χ0n) is 17.8. The van der Waals surface area contributed by atoms with E-state index in [4.69, 9.17) is 9.15 Å². The highest BCUT2D eigenvalue weighted by molar-refractivity contribution is 5.90. The van der Waals surface area contributed by atoms with E-state index in [0.29, 0.717) is 29.1 Å². The molecule has 0 bridgehead atoms. The molecule has 0 radical (unpaired) electrons. The maximum atomic E-state index is 10.4. The summed E-state index contributed by atoms with van der Waals surface area (Å²) in [5.74, 6) is 0.800. The molecule has 158 valence electrons. The average Bonchev–Trinajstić information content (AvgIpc) is 3.08. The number of fused-ring (bicyclic) bond motifs is 1. The molecule has 0 atom stereocenters. The van der Waals surface area contributed by atoms with Gasteiger partial charge in [-0.2, -0.15) is 0 Å². The molecule has 1 heterocycles. The van der Waals surface area contributed by atoms with Crippen molar-refractivity contribution in [1.29, 1.82) is 0 Å². The summed E-state index contributed by atoms with van der Waals surface area (Å²) in [7, 11) is 1.53. The molecule has 0 amide bonds. The summed E-state index contributed by atoms with van der Waals surface area (Å²) in [4.78, 5) is 0. The van der Waals surface area contributed by atoms with Gasteiger partial charge in [0.15, 0.2) is 11.5 Å². The summed E-state index contributed by atoms with van der Waals surface area (Å²) in [6, 6.07) is 7.65. The highest BCUT2D eigenvalue weighted by atomic mass is 16.5. The third-order valence-corrected chi connectivity index (χ3v) is 5.00. The van der Waals surface area contributed by atoms with Crippen molar-refractivity contribution in [2.45, 2.75) is 40.0 Å². The molecule has 3 N–H and O–H groups in total. The number of methoxy groups -OCH3 is 1. The van der Waals surface area contributed by atoms with Gasteiger partial charge in [-0.1, -0.05) is 23.3 Å². The van der Waals surface area contributed by atoms with E-state index in [1.165, 1.54) is 42.5 Å². The van der Waals surface area contributed by atoms with Crippen molar-refractivity contribution >= 4 is 11.0 Å². The van der Waals surface area contributed by atoms with Crippen LogP contribution in [-0.2, 0) is 6.42 Å². The van der Waals surface area contributed by atoms with Crippen LogP contribution in [0.25, 0.3) is 22.3 Å². The van der Waals surface area contributed by atoms with E-state index in [2.05, 4.69) is 32.9 Å². The SMILES string of the molecule is COc1c(O)cc2oc(-c3cc(O)cc(O)c3)cc2c1CC=C(C)CCC=C(C)C. The lowest BCUT2D eigenvalue weighted by molar-refractivity contribution is 0.370. The molecule has 0 saturated carbocycles. The van der Waals surface area contributed by atoms with E-state index >= 15 is 0 Å². The van der Waals surface area contributed by atoms with Crippen LogP contribution >= 0.6 is 0 Å². The number of phenolic OH excluding ortho intramolecular Hbond substituents is 3. The molecule has 5 heteroatoms. The fourth-order valence-electron chi connectivity index (χ4n) is 3.49. The van der Waals surface area contributed by atoms with Crippen LogP contribution in [0.2, 0.25) is 0 Å². The van der Waals surface area contributed by atoms with Crippen molar-refractivity contribution in [3.63, 3.8) is 0 Å². The number of aromatic hydroxyl groups is 3. The van der Waals surface area contributed by atoms with Gasteiger partial charge in [0.05, 0.1) is 7.11 Å². The third-order valence-electron chi connectivity index (χ3n) is 5.00. The predicted molar refractivity (Wildman–Crippen MR) is 119 cm³/mol. The number of furan rings is 1. The van der Waals surface area contributed by atoms with Gasteiger partial charge in [-0.15, -0.1) is 0 Å². The first-order valence-corrected chi connectivity index (χ1v) is 9.93. The second-order valence-electron chi connectivity index (χ2n) is 7.74. The van der Waals surface area contributed by atoms with Gasteiger partial charge in [-0.05, 0) is 58.2 Å². The fraction of sp³-hybridized carbons (Fsp3) is 0.280. The van der Waals surface area contributed by atoms with Crippen LogP contribution < -0.4 is 4.74 Å². The van der Waals surface area contributed by atoms with Crippen molar-refractivity contribution in [3.8, 4) is 34.3 Å². The largest absolute Gasteiger partial charge is 0.508 e. The maximum Gasteiger partial charge on any atom is 0.164 e. The number of rotatable bonds is 7. The van der Waals surface area contributed by atoms with Crippen molar-refractivity contribution in [2.75, 3.05) is 7.11 Å². The fourth-order valence-corrected chi connectivity index (χ4v) is 3.49. The monoisotopic (exact) mass is 408 g/mol. The maximum absolute atomic E-state index is 10.4. The second-order valence-corrected chi connectivity index (χ2v) is 7.74. The van der Waals surface area contributed by atoms with E-state index in [-0.39, 0.29) is 17.2 Å². The zero-order chi connectivity index (χ0) is 21.8. The molecule has 30 heavy (non-hydrogen) atoms. The number of benzene rings is 2. The van der Waals surface area contributed by atoms with E-state index in [1.54, 1.807) is 0 Å². The Morgan fingerprint density at radius 2 is 1.67 bits per heavy atom. The molecular weight excluding hydrogens is 380 g/mol. The number of allylic oxidation sites excluding steroid dienone is 4. The van der Waals surface area contributed by atoms with Crippen LogP contribution in [0.5, 0.6) is 23.0 Å². The molecule has 0 fully saturated rings. The Kier molecular flexibility index (Phi) is 6.40. The third kappa shape index (κ3) is 4.79. The number of hydrogen-bond donors (Lipinski definition) is 3. The summed E-state index contributed by atoms with van der Waals surface area (Å²) in [6.07, 6.45) is 6.90. The molecule has 0 unspecified atom stereocenters.